The molecule has 0 bridgehead atoms. The first-order valence-corrected chi connectivity index (χ1v) is 4.77. The summed E-state index contributed by atoms with van der Waals surface area (Å²) in [6.45, 7) is 2.23. The molecule has 0 N–H and O–H groups in total. The first kappa shape index (κ1) is 7.13. The van der Waals surface area contributed by atoms with Gasteiger partial charge < -0.3 is 0 Å². The van der Waals surface area contributed by atoms with Gasteiger partial charge in [0.2, 0.25) is 0 Å². The summed E-state index contributed by atoms with van der Waals surface area (Å²) in [6, 6.07) is 11.8. The Labute approximate surface area is 77.9 Å². The monoisotopic (exact) mass is 172 g/mol. The average molecular weight is 172 g/mol. The number of hydrogen-bond donors (Lipinski definition) is 0. The van der Waals surface area contributed by atoms with Gasteiger partial charge in [-0.3, -0.25) is 5.01 Å². The summed E-state index contributed by atoms with van der Waals surface area (Å²) in [7, 11) is 0. The van der Waals surface area contributed by atoms with E-state index >= 15 is 0 Å². The predicted molar refractivity (Wildman–Crippen MR) is 52.7 cm³/mol. The van der Waals surface area contributed by atoms with E-state index in [0.29, 0.717) is 12.1 Å². The largest absolute Gasteiger partial charge is 0.286 e. The van der Waals surface area contributed by atoms with Crippen LogP contribution < -0.4 is 0 Å². The van der Waals surface area contributed by atoms with Crippen LogP contribution in [0.2, 0.25) is 0 Å². The van der Waals surface area contributed by atoms with E-state index in [1.54, 1.807) is 0 Å². The van der Waals surface area contributed by atoms with Gasteiger partial charge in [-0.1, -0.05) is 30.3 Å². The molecular formula is C11H12N2. The van der Waals surface area contributed by atoms with Gasteiger partial charge in [-0.15, -0.1) is 0 Å². The molecule has 0 aromatic heterocycles. The summed E-state index contributed by atoms with van der Waals surface area (Å²) in [5, 5.41) is 6.76. The molecule has 2 atom stereocenters. The maximum atomic E-state index is 4.56. The van der Waals surface area contributed by atoms with Gasteiger partial charge in [0.1, 0.15) is 0 Å². The van der Waals surface area contributed by atoms with Gasteiger partial charge in [0.15, 0.2) is 0 Å². The summed E-state index contributed by atoms with van der Waals surface area (Å²) >= 11 is 0. The molecule has 0 spiro atoms. The van der Waals surface area contributed by atoms with Crippen molar-refractivity contribution in [1.82, 2.24) is 5.01 Å². The minimum Gasteiger partial charge on any atom is -0.286 e. The summed E-state index contributed by atoms with van der Waals surface area (Å²) in [5.74, 6) is 0. The van der Waals surface area contributed by atoms with Crippen LogP contribution in [0.4, 0.5) is 0 Å². The minimum absolute atomic E-state index is 0.687. The maximum absolute atomic E-state index is 4.56. The third-order valence-electron chi connectivity index (χ3n) is 2.97. The summed E-state index contributed by atoms with van der Waals surface area (Å²) in [5.41, 5.74) is 2.53. The lowest BCUT2D eigenvalue weighted by molar-refractivity contribution is 0.548. The fourth-order valence-electron chi connectivity index (χ4n) is 2.01. The fourth-order valence-corrected chi connectivity index (χ4v) is 2.01. The van der Waals surface area contributed by atoms with Crippen molar-refractivity contribution in [2.24, 2.45) is 5.10 Å². The van der Waals surface area contributed by atoms with Crippen LogP contribution in [-0.4, -0.2) is 22.8 Å². The molecule has 0 radical (unpaired) electrons. The van der Waals surface area contributed by atoms with Crippen molar-refractivity contribution in [2.45, 2.75) is 25.4 Å². The topological polar surface area (TPSA) is 15.4 Å². The van der Waals surface area contributed by atoms with E-state index in [1.807, 2.05) is 6.07 Å². The Morgan fingerprint density at radius 3 is 2.69 bits per heavy atom. The van der Waals surface area contributed by atoms with Gasteiger partial charge in [0.25, 0.3) is 0 Å². The Morgan fingerprint density at radius 1 is 1.31 bits per heavy atom. The van der Waals surface area contributed by atoms with E-state index in [-0.39, 0.29) is 0 Å². The van der Waals surface area contributed by atoms with Crippen LogP contribution in [0.25, 0.3) is 0 Å². The van der Waals surface area contributed by atoms with Crippen LogP contribution in [0.15, 0.2) is 35.4 Å². The molecule has 3 rings (SSSR count). The second kappa shape index (κ2) is 2.34. The van der Waals surface area contributed by atoms with Gasteiger partial charge in [-0.25, -0.2) is 0 Å². The maximum Gasteiger partial charge on any atom is 0.0748 e. The van der Waals surface area contributed by atoms with Crippen LogP contribution >= 0.6 is 0 Å². The molecule has 2 aliphatic heterocycles. The number of fused-ring (bicyclic) bond motifs is 1. The lowest BCUT2D eigenvalue weighted by Crippen LogP contribution is -2.03. The zero-order chi connectivity index (χ0) is 8.84. The molecule has 1 saturated heterocycles. The van der Waals surface area contributed by atoms with Crippen molar-refractivity contribution in [3.05, 3.63) is 35.9 Å². The zero-order valence-electron chi connectivity index (χ0n) is 7.64. The van der Waals surface area contributed by atoms with Gasteiger partial charge in [-0.05, 0) is 12.5 Å². The molecule has 2 aliphatic rings. The van der Waals surface area contributed by atoms with E-state index in [0.717, 1.165) is 6.42 Å². The second-order valence-electron chi connectivity index (χ2n) is 3.80. The highest BCUT2D eigenvalue weighted by Crippen LogP contribution is 2.37. The lowest BCUT2D eigenvalue weighted by atomic mass is 10.1. The molecule has 0 saturated carbocycles. The highest BCUT2D eigenvalue weighted by Gasteiger charge is 2.48. The van der Waals surface area contributed by atoms with Gasteiger partial charge in [0.05, 0.1) is 17.8 Å². The first-order valence-electron chi connectivity index (χ1n) is 4.77. The molecule has 2 unspecified atom stereocenters. The van der Waals surface area contributed by atoms with Gasteiger partial charge in [-0.2, -0.15) is 5.10 Å². The number of rotatable bonds is 1. The second-order valence-corrected chi connectivity index (χ2v) is 3.80. The smallest absolute Gasteiger partial charge is 0.0748 e. The molecule has 1 fully saturated rings. The number of hydrazone groups is 1. The number of nitrogens with zero attached hydrogens (tertiary/aromatic N) is 2. The van der Waals surface area contributed by atoms with E-state index in [4.69, 9.17) is 0 Å². The molecule has 13 heavy (non-hydrogen) atoms. The highest BCUT2D eigenvalue weighted by atomic mass is 15.6. The van der Waals surface area contributed by atoms with Crippen molar-refractivity contribution in [3.63, 3.8) is 0 Å². The predicted octanol–water partition coefficient (Wildman–Crippen LogP) is 1.87. The summed E-state index contributed by atoms with van der Waals surface area (Å²) in [4.78, 5) is 0. The Morgan fingerprint density at radius 2 is 2.08 bits per heavy atom. The third-order valence-corrected chi connectivity index (χ3v) is 2.97. The quantitative estimate of drug-likeness (QED) is 0.590. The summed E-state index contributed by atoms with van der Waals surface area (Å²) < 4.78 is 0. The molecular weight excluding hydrogens is 160 g/mol. The van der Waals surface area contributed by atoms with Crippen LogP contribution in [0.5, 0.6) is 0 Å². The number of hydrogen-bond acceptors (Lipinski definition) is 2. The molecule has 1 aromatic carbocycles. The third kappa shape index (κ3) is 0.981. The minimum atomic E-state index is 0.687. The molecule has 2 nitrogen and oxygen atoms in total. The van der Waals surface area contributed by atoms with E-state index in [9.17, 15) is 0 Å². The van der Waals surface area contributed by atoms with Crippen molar-refractivity contribution in [1.29, 1.82) is 0 Å². The van der Waals surface area contributed by atoms with E-state index < -0.39 is 0 Å². The normalized spacial score (nSPS) is 29.9. The van der Waals surface area contributed by atoms with Crippen LogP contribution in [-0.2, 0) is 0 Å². The van der Waals surface area contributed by atoms with E-state index in [1.165, 1.54) is 11.3 Å². The SMILES string of the molecule is CC1C2CC(c3ccccc3)=NN12. The Hall–Kier alpha value is -1.31. The van der Waals surface area contributed by atoms with Crippen LogP contribution in [0, 0.1) is 0 Å². The standard InChI is InChI=1S/C11H12N2/c1-8-11-7-10(12-13(8)11)9-5-3-2-4-6-9/h2-6,8,11H,7H2,1H3. The Balaban J connectivity index is 1.89. The van der Waals surface area contributed by atoms with Gasteiger partial charge in [0, 0.05) is 6.42 Å². The Bertz CT molecular complexity index is 356. The summed E-state index contributed by atoms with van der Waals surface area (Å²) in [6.07, 6.45) is 1.13. The lowest BCUT2D eigenvalue weighted by Gasteiger charge is -2.00. The zero-order valence-corrected chi connectivity index (χ0v) is 7.64. The first-order chi connectivity index (χ1) is 6.36. The molecule has 2 heteroatoms. The fraction of sp³-hybridized carbons (Fsp3) is 0.364. The van der Waals surface area contributed by atoms with Crippen molar-refractivity contribution in [2.75, 3.05) is 0 Å². The molecule has 0 aliphatic carbocycles. The molecule has 66 valence electrons. The molecule has 2 heterocycles. The van der Waals surface area contributed by atoms with Crippen molar-refractivity contribution in [3.8, 4) is 0 Å². The molecule has 1 aromatic rings. The van der Waals surface area contributed by atoms with Crippen LogP contribution in [0.1, 0.15) is 18.9 Å². The van der Waals surface area contributed by atoms with Crippen molar-refractivity contribution >= 4 is 5.71 Å². The average Bonchev–Trinajstić information content (AvgIpc) is 2.67. The number of benzene rings is 1. The van der Waals surface area contributed by atoms with Gasteiger partial charge >= 0.3 is 0 Å². The highest BCUT2D eigenvalue weighted by molar-refractivity contribution is 6.02. The van der Waals surface area contributed by atoms with Crippen molar-refractivity contribution < 1.29 is 0 Å². The molecule has 0 amide bonds. The van der Waals surface area contributed by atoms with Crippen LogP contribution in [0.3, 0.4) is 0 Å². The van der Waals surface area contributed by atoms with E-state index in [2.05, 4.69) is 41.3 Å². The Kier molecular flexibility index (Phi) is 1.29.